The largest absolute Gasteiger partial charge is 1.00 e. The normalized spacial score (nSPS) is 23.7. The van der Waals surface area contributed by atoms with E-state index in [4.69, 9.17) is 4.74 Å². The van der Waals surface area contributed by atoms with Crippen LogP contribution in [0, 0.1) is 5.82 Å². The van der Waals surface area contributed by atoms with Crippen molar-refractivity contribution in [2.75, 3.05) is 6.61 Å². The number of ether oxygens (including phenoxy) is 1. The molecule has 19 heteroatoms. The zero-order valence-corrected chi connectivity index (χ0v) is 22.8. The number of nitrogens with zero attached hydrogens (tertiary/aromatic N) is 1. The van der Waals surface area contributed by atoms with Crippen molar-refractivity contribution in [3.05, 3.63) is 32.9 Å². The van der Waals surface area contributed by atoms with Crippen molar-refractivity contribution in [2.45, 2.75) is 24.9 Å². The Labute approximate surface area is 222 Å². The number of hydrogen-bond acceptors (Lipinski definition) is 11. The van der Waals surface area contributed by atoms with Crippen LogP contribution in [-0.2, 0) is 22.7 Å². The molecule has 2 N–H and O–H groups in total. The topological polar surface area (TPSA) is 206 Å². The van der Waals surface area contributed by atoms with Gasteiger partial charge >= 0.3 is 94.4 Å². The van der Waals surface area contributed by atoms with E-state index < -0.39 is 57.8 Å². The maximum atomic E-state index is 13.2. The molecule has 0 bridgehead atoms. The number of halogens is 1. The summed E-state index contributed by atoms with van der Waals surface area (Å²) in [6.45, 7) is -0.945. The third kappa shape index (κ3) is 9.51. The van der Waals surface area contributed by atoms with Crippen LogP contribution in [0.4, 0.5) is 4.39 Å². The number of aliphatic hydroxyl groups excluding tert-OH is 1. The quantitative estimate of drug-likeness (QED) is 0.294. The molecule has 0 amide bonds. The predicted octanol–water partition coefficient (Wildman–Crippen LogP) is -12.3. The average molecular weight is 472 g/mol. The van der Waals surface area contributed by atoms with Gasteiger partial charge in [0.15, 0.2) is 0 Å². The molecule has 0 aromatic carbocycles. The summed E-state index contributed by atoms with van der Waals surface area (Å²) in [4.78, 5) is 55.9. The summed E-state index contributed by atoms with van der Waals surface area (Å²) in [5.41, 5.74) is -2.30. The molecule has 28 heavy (non-hydrogen) atoms. The molecule has 1 saturated heterocycles. The Morgan fingerprint density at radius 1 is 1.29 bits per heavy atom. The van der Waals surface area contributed by atoms with Crippen LogP contribution in [0.25, 0.3) is 0 Å². The van der Waals surface area contributed by atoms with Gasteiger partial charge in [0.1, 0.15) is 12.3 Å². The average Bonchev–Trinajstić information content (AvgIpc) is 2.79. The van der Waals surface area contributed by atoms with E-state index >= 15 is 0 Å². The van der Waals surface area contributed by atoms with E-state index in [1.54, 1.807) is 4.98 Å². The van der Waals surface area contributed by atoms with Crippen molar-refractivity contribution < 1.29 is 136 Å². The number of aromatic amines is 1. The van der Waals surface area contributed by atoms with Gasteiger partial charge in [0, 0.05) is 6.42 Å². The molecule has 4 unspecified atom stereocenters. The Bertz CT molecular complexity index is 860. The molecule has 1 aliphatic heterocycles. The van der Waals surface area contributed by atoms with Gasteiger partial charge in [-0.1, -0.05) is 0 Å². The van der Waals surface area contributed by atoms with Gasteiger partial charge in [-0.2, -0.15) is 4.39 Å². The van der Waals surface area contributed by atoms with Crippen LogP contribution in [0.1, 0.15) is 12.6 Å². The number of aliphatic hydroxyl groups is 1. The van der Waals surface area contributed by atoms with Crippen LogP contribution in [0.15, 0.2) is 15.8 Å². The fraction of sp³-hybridized carbons (Fsp3) is 0.556. The molecule has 0 spiro atoms. The van der Waals surface area contributed by atoms with Gasteiger partial charge in [0.2, 0.25) is 5.82 Å². The van der Waals surface area contributed by atoms with Crippen LogP contribution in [-0.4, -0.2) is 33.5 Å². The van der Waals surface area contributed by atoms with Gasteiger partial charge < -0.3 is 33.6 Å². The standard InChI is InChI=1S/C9H13FN2O11P2.3Na/c10-4-2-12(9(15)11-8(4)14)7-1-5(13)6(22-7)3-21-25(19,20)23-24(16,17)18;;;/h2,5-7,13H,1,3H2,(H,19,20)(H,11,14,15)(H2,16,17,18);;;/q;3*+1/p-3. The third-order valence-electron chi connectivity index (χ3n) is 3.04. The van der Waals surface area contributed by atoms with Crippen LogP contribution >= 0.6 is 15.6 Å². The van der Waals surface area contributed by atoms with E-state index in [-0.39, 0.29) is 95.1 Å². The van der Waals surface area contributed by atoms with Crippen LogP contribution in [0.3, 0.4) is 0 Å². The summed E-state index contributed by atoms with van der Waals surface area (Å²) in [5.74, 6) is -1.29. The van der Waals surface area contributed by atoms with E-state index in [0.717, 1.165) is 0 Å². The first-order valence-corrected chi connectivity index (χ1v) is 9.33. The second-order valence-corrected chi connectivity index (χ2v) is 7.55. The fourth-order valence-electron chi connectivity index (χ4n) is 2.02. The second kappa shape index (κ2) is 12.7. The molecular weight excluding hydrogens is 462 g/mol. The Hall–Kier alpha value is 1.79. The van der Waals surface area contributed by atoms with Crippen LogP contribution in [0.2, 0.25) is 0 Å². The maximum Gasteiger partial charge on any atom is 1.00 e. The minimum Gasteiger partial charge on any atom is -0.790 e. The van der Waals surface area contributed by atoms with E-state index in [9.17, 15) is 42.9 Å². The van der Waals surface area contributed by atoms with Gasteiger partial charge in [0.25, 0.3) is 13.4 Å². The summed E-state index contributed by atoms with van der Waals surface area (Å²) in [6, 6.07) is 0. The molecule has 1 aromatic heterocycles. The molecule has 0 saturated carbocycles. The number of H-pyrrole nitrogens is 1. The molecule has 142 valence electrons. The van der Waals surface area contributed by atoms with Crippen LogP contribution in [0.5, 0.6) is 0 Å². The molecule has 1 fully saturated rings. The summed E-state index contributed by atoms with van der Waals surface area (Å²) in [5, 5.41) is 9.77. The summed E-state index contributed by atoms with van der Waals surface area (Å²) >= 11 is 0. The Morgan fingerprint density at radius 3 is 2.39 bits per heavy atom. The zero-order chi connectivity index (χ0) is 19.0. The van der Waals surface area contributed by atoms with Crippen molar-refractivity contribution in [1.29, 1.82) is 0 Å². The second-order valence-electron chi connectivity index (χ2n) is 4.85. The van der Waals surface area contributed by atoms with E-state index in [1.165, 1.54) is 0 Å². The van der Waals surface area contributed by atoms with Gasteiger partial charge in [0.05, 0.1) is 26.7 Å². The van der Waals surface area contributed by atoms with Gasteiger partial charge in [-0.05, 0) is 0 Å². The first-order chi connectivity index (χ1) is 11.4. The zero-order valence-electron chi connectivity index (χ0n) is 15.0. The molecule has 1 aliphatic rings. The van der Waals surface area contributed by atoms with Crippen molar-refractivity contribution in [1.82, 2.24) is 9.55 Å². The first kappa shape index (κ1) is 32.0. The third-order valence-corrected chi connectivity index (χ3v) is 5.10. The molecule has 2 heterocycles. The van der Waals surface area contributed by atoms with E-state index in [1.807, 2.05) is 0 Å². The number of phosphoric acid groups is 2. The van der Waals surface area contributed by atoms with Crippen molar-refractivity contribution in [3.8, 4) is 0 Å². The predicted molar refractivity (Wildman–Crippen MR) is 68.1 cm³/mol. The van der Waals surface area contributed by atoms with Gasteiger partial charge in [-0.25, -0.2) is 4.79 Å². The van der Waals surface area contributed by atoms with Crippen molar-refractivity contribution in [3.63, 3.8) is 0 Å². The molecule has 1 aromatic rings. The summed E-state index contributed by atoms with van der Waals surface area (Å²) < 4.78 is 47.7. The summed E-state index contributed by atoms with van der Waals surface area (Å²) in [7, 11) is -11.4. The Kier molecular flexibility index (Phi) is 14.5. The van der Waals surface area contributed by atoms with Crippen molar-refractivity contribution in [2.24, 2.45) is 0 Å². The molecule has 0 radical (unpaired) electrons. The number of phosphoric ester groups is 1. The Morgan fingerprint density at radius 2 is 1.86 bits per heavy atom. The number of nitrogens with one attached hydrogen (secondary N) is 1. The molecule has 4 atom stereocenters. The number of aromatic nitrogens is 2. The molecular formula is C9H10FN2Na3O11P2. The van der Waals surface area contributed by atoms with Gasteiger partial charge in [-0.3, -0.25) is 23.2 Å². The minimum absolute atomic E-state index is 0. The number of rotatable bonds is 6. The fourth-order valence-corrected chi connectivity index (χ4v) is 3.52. The first-order valence-electron chi connectivity index (χ1n) is 6.41. The summed E-state index contributed by atoms with van der Waals surface area (Å²) in [6.07, 6.45) is -3.80. The SMILES string of the molecule is O=c1[nH]c(=O)n(C2CC(O)C(COP(=O)([O-])OP(=O)([O-])[O-])O2)cc1F.[Na+].[Na+].[Na+]. The maximum absolute atomic E-state index is 13.2. The molecule has 13 nitrogen and oxygen atoms in total. The smallest absolute Gasteiger partial charge is 0.790 e. The molecule has 2 rings (SSSR count). The van der Waals surface area contributed by atoms with E-state index in [2.05, 4.69) is 8.83 Å². The Balaban J connectivity index is 0. The molecule has 0 aliphatic carbocycles. The number of hydrogen-bond donors (Lipinski definition) is 2. The van der Waals surface area contributed by atoms with E-state index in [0.29, 0.717) is 10.8 Å². The van der Waals surface area contributed by atoms with Gasteiger partial charge in [-0.15, -0.1) is 0 Å². The van der Waals surface area contributed by atoms with Crippen LogP contribution < -0.4 is 115 Å². The minimum atomic E-state index is -5.87. The van der Waals surface area contributed by atoms with Crippen molar-refractivity contribution >= 4 is 15.6 Å². The monoisotopic (exact) mass is 472 g/mol.